The Bertz CT molecular complexity index is 160. The topological polar surface area (TPSA) is 132 Å². The van der Waals surface area contributed by atoms with Crippen LogP contribution in [0.4, 0.5) is 0 Å². The van der Waals surface area contributed by atoms with E-state index in [0.29, 0.717) is 0 Å². The zero-order valence-corrected chi connectivity index (χ0v) is 11.6. The molecular weight excluding hydrogens is 353 g/mol. The third kappa shape index (κ3) is 4340. The van der Waals surface area contributed by atoms with Crippen LogP contribution < -0.4 is 6.15 Å². The Morgan fingerprint density at radius 1 is 0.571 bits per heavy atom. The standard InChI is InChI=1S/4CHNS.H3N.Pd/c4*2-1-3;;/h4*3H;1H3;/p-3. The summed E-state index contributed by atoms with van der Waals surface area (Å²) in [5.41, 5.74) is 0. The molecule has 0 bridgehead atoms. The molecule has 0 aliphatic rings. The number of thiocyanates is 4. The number of quaternary nitrogens is 1. The molecule has 0 fully saturated rings. The molecule has 10 heteroatoms. The second kappa shape index (κ2) is 137. The van der Waals surface area contributed by atoms with Crippen molar-refractivity contribution >= 4 is 50.5 Å². The molecular formula is C4H4N5PdS4-3. The Kier molecular flexibility index (Phi) is 366. The monoisotopic (exact) mass is 356 g/mol. The molecule has 0 saturated heterocycles. The first-order chi connectivity index (χ1) is 5.66. The van der Waals surface area contributed by atoms with E-state index >= 15 is 0 Å². The molecule has 0 unspecified atom stereocenters. The van der Waals surface area contributed by atoms with E-state index in [4.69, 9.17) is 21.0 Å². The van der Waals surface area contributed by atoms with Gasteiger partial charge >= 0.3 is 0 Å². The molecule has 0 aromatic heterocycles. The van der Waals surface area contributed by atoms with E-state index in [2.05, 4.69) is 50.5 Å². The molecule has 0 aliphatic carbocycles. The number of hydrogen-bond acceptors (Lipinski definition) is 8. The molecule has 0 aliphatic heterocycles. The van der Waals surface area contributed by atoms with Crippen LogP contribution in [0.15, 0.2) is 0 Å². The summed E-state index contributed by atoms with van der Waals surface area (Å²) in [5.74, 6) is 0. The van der Waals surface area contributed by atoms with Gasteiger partial charge in [0.15, 0.2) is 0 Å². The van der Waals surface area contributed by atoms with Crippen LogP contribution in [0.3, 0.4) is 0 Å². The number of nitrogens with zero attached hydrogens (tertiary/aromatic N) is 4. The molecule has 0 saturated carbocycles. The van der Waals surface area contributed by atoms with Crippen LogP contribution in [0.1, 0.15) is 0 Å². The molecule has 5 nitrogen and oxygen atoms in total. The predicted octanol–water partition coefficient (Wildman–Crippen LogP) is 0.431. The number of hydrogen-bond donors (Lipinski definition) is 1. The fourth-order valence-corrected chi connectivity index (χ4v) is 0. The molecule has 0 aromatic rings. The maximum Gasteiger partial charge on any atom is 0 e. The minimum atomic E-state index is 0. The second-order valence-electron chi connectivity index (χ2n) is 0.365. The van der Waals surface area contributed by atoms with E-state index in [1.807, 2.05) is 0 Å². The third-order valence-electron chi connectivity index (χ3n) is 0. The molecule has 0 aromatic carbocycles. The van der Waals surface area contributed by atoms with Crippen LogP contribution in [0.25, 0.3) is 0 Å². The van der Waals surface area contributed by atoms with E-state index in [9.17, 15) is 0 Å². The van der Waals surface area contributed by atoms with Gasteiger partial charge in [0.1, 0.15) is 0 Å². The fourth-order valence-electron chi connectivity index (χ4n) is 0. The van der Waals surface area contributed by atoms with Gasteiger partial charge in [-0.05, 0) is 0 Å². The Hall–Kier alpha value is -0.538. The molecule has 14 heavy (non-hydrogen) atoms. The van der Waals surface area contributed by atoms with Crippen LogP contribution in [-0.2, 0) is 70.9 Å². The normalized spacial score (nSPS) is 2.00. The molecule has 82 valence electrons. The quantitative estimate of drug-likeness (QED) is 0.375. The smallest absolute Gasteiger partial charge is 0 e. The van der Waals surface area contributed by atoms with Crippen molar-refractivity contribution in [2.75, 3.05) is 0 Å². The summed E-state index contributed by atoms with van der Waals surface area (Å²) in [4.78, 5) is 0. The summed E-state index contributed by atoms with van der Waals surface area (Å²) < 4.78 is 0. The van der Waals surface area contributed by atoms with Crippen LogP contribution in [-0.4, -0.2) is 0 Å². The van der Waals surface area contributed by atoms with Crippen molar-refractivity contribution < 1.29 is 20.4 Å². The summed E-state index contributed by atoms with van der Waals surface area (Å²) in [6.07, 6.45) is 0. The van der Waals surface area contributed by atoms with E-state index in [-0.39, 0.29) is 26.6 Å². The first kappa shape index (κ1) is 37.5. The summed E-state index contributed by atoms with van der Waals surface area (Å²) in [5, 5.41) is 33.9. The number of rotatable bonds is 0. The van der Waals surface area contributed by atoms with Gasteiger partial charge in [0, 0.05) is 20.4 Å². The van der Waals surface area contributed by atoms with E-state index in [1.165, 1.54) is 21.6 Å². The zero-order chi connectivity index (χ0) is 10.8. The molecule has 0 atom stereocenters. The first-order valence-corrected chi connectivity index (χ1v) is 3.34. The SMILES string of the molecule is N#C[S-].N#C[S-].N#C[S-].N#C[S-].[NH4+].[Pd]. The molecule has 0 radical (unpaired) electrons. The van der Waals surface area contributed by atoms with Gasteiger partial charge in [-0.1, -0.05) is 21.6 Å². The summed E-state index contributed by atoms with van der Waals surface area (Å²) >= 11 is 14.8. The summed E-state index contributed by atoms with van der Waals surface area (Å²) in [7, 11) is 0. The minimum Gasteiger partial charge on any atom is -0.696 e. The van der Waals surface area contributed by atoms with Crippen molar-refractivity contribution in [2.45, 2.75) is 0 Å². The largest absolute Gasteiger partial charge is 0.696 e. The fraction of sp³-hybridized carbons (Fsp3) is 0. The summed E-state index contributed by atoms with van der Waals surface area (Å²) in [6.45, 7) is 0. The number of nitriles is 4. The van der Waals surface area contributed by atoms with Gasteiger partial charge in [-0.15, -0.1) is 0 Å². The molecule has 0 spiro atoms. The minimum absolute atomic E-state index is 0. The van der Waals surface area contributed by atoms with Crippen molar-refractivity contribution in [3.05, 3.63) is 0 Å². The molecule has 0 heterocycles. The molecule has 0 rings (SSSR count). The Labute approximate surface area is 119 Å². The van der Waals surface area contributed by atoms with Gasteiger partial charge in [-0.2, -0.15) is 0 Å². The van der Waals surface area contributed by atoms with Crippen molar-refractivity contribution in [1.29, 1.82) is 21.0 Å². The van der Waals surface area contributed by atoms with E-state index in [0.717, 1.165) is 0 Å². The zero-order valence-electron chi connectivity index (χ0n) is 6.74. The van der Waals surface area contributed by atoms with E-state index in [1.54, 1.807) is 0 Å². The van der Waals surface area contributed by atoms with Gasteiger partial charge in [0.05, 0.1) is 0 Å². The maximum absolute atomic E-state index is 7.13. The van der Waals surface area contributed by atoms with Crippen molar-refractivity contribution in [1.82, 2.24) is 6.15 Å². The maximum atomic E-state index is 7.13. The Morgan fingerprint density at radius 3 is 0.571 bits per heavy atom. The second-order valence-corrected chi connectivity index (χ2v) is 1.10. The van der Waals surface area contributed by atoms with Gasteiger partial charge < -0.3 is 56.7 Å². The van der Waals surface area contributed by atoms with Crippen molar-refractivity contribution in [3.8, 4) is 21.6 Å². The Morgan fingerprint density at radius 2 is 0.571 bits per heavy atom. The van der Waals surface area contributed by atoms with Gasteiger partial charge in [0.25, 0.3) is 0 Å². The summed E-state index contributed by atoms with van der Waals surface area (Å²) in [6, 6.07) is 0. The van der Waals surface area contributed by atoms with Gasteiger partial charge in [0.2, 0.25) is 0 Å². The Balaban J connectivity index is -0.0000000145. The molecule has 0 amide bonds. The van der Waals surface area contributed by atoms with E-state index < -0.39 is 0 Å². The van der Waals surface area contributed by atoms with Crippen LogP contribution in [0.2, 0.25) is 0 Å². The molecule has 4 N–H and O–H groups in total. The predicted molar refractivity (Wildman–Crippen MR) is 57.9 cm³/mol. The van der Waals surface area contributed by atoms with Crippen LogP contribution in [0, 0.1) is 42.7 Å². The third-order valence-corrected chi connectivity index (χ3v) is 0. The van der Waals surface area contributed by atoms with Crippen molar-refractivity contribution in [3.63, 3.8) is 0 Å². The van der Waals surface area contributed by atoms with Gasteiger partial charge in [-0.3, -0.25) is 0 Å². The van der Waals surface area contributed by atoms with Crippen LogP contribution >= 0.6 is 0 Å². The van der Waals surface area contributed by atoms with Crippen molar-refractivity contribution in [2.24, 2.45) is 0 Å². The van der Waals surface area contributed by atoms with Gasteiger partial charge in [-0.25, -0.2) is 21.0 Å². The average Bonchev–Trinajstić information content (AvgIpc) is 1.92. The first-order valence-electron chi connectivity index (χ1n) is 1.71. The van der Waals surface area contributed by atoms with Crippen LogP contribution in [0.5, 0.6) is 0 Å². The average molecular weight is 357 g/mol.